The normalized spacial score (nSPS) is 26.0. The third kappa shape index (κ3) is 2.45. The van der Waals surface area contributed by atoms with E-state index in [2.05, 4.69) is 5.32 Å². The van der Waals surface area contributed by atoms with Crippen LogP contribution in [0.1, 0.15) is 27.2 Å². The Morgan fingerprint density at radius 2 is 2.29 bits per heavy atom. The lowest BCUT2D eigenvalue weighted by molar-refractivity contribution is -0.121. The summed E-state index contributed by atoms with van der Waals surface area (Å²) in [6.07, 6.45) is 0.960. The minimum absolute atomic E-state index is 0.0244. The Labute approximate surface area is 85.3 Å². The third-order valence-corrected chi connectivity index (χ3v) is 2.63. The summed E-state index contributed by atoms with van der Waals surface area (Å²) in [7, 11) is 0. The molecule has 0 aliphatic carbocycles. The number of nitrogens with zero attached hydrogens (tertiary/aromatic N) is 1. The van der Waals surface area contributed by atoms with Crippen molar-refractivity contribution < 1.29 is 9.90 Å². The summed E-state index contributed by atoms with van der Waals surface area (Å²) in [5.41, 5.74) is -0.270. The zero-order valence-corrected chi connectivity index (χ0v) is 9.21. The van der Waals surface area contributed by atoms with Gasteiger partial charge in [-0.25, -0.2) is 0 Å². The predicted octanol–water partition coefficient (Wildman–Crippen LogP) is -0.0323. The molecule has 0 aromatic rings. The molecule has 2 atom stereocenters. The topological polar surface area (TPSA) is 52.3 Å². The van der Waals surface area contributed by atoms with Crippen molar-refractivity contribution in [1.82, 2.24) is 10.2 Å². The van der Waals surface area contributed by atoms with E-state index in [0.29, 0.717) is 0 Å². The van der Waals surface area contributed by atoms with E-state index in [0.717, 1.165) is 19.5 Å². The molecular formula is C10H20N2O2. The van der Waals surface area contributed by atoms with Crippen molar-refractivity contribution in [3.8, 4) is 0 Å². The molecule has 0 spiro atoms. The van der Waals surface area contributed by atoms with E-state index in [9.17, 15) is 4.79 Å². The number of carbonyl (C=O) groups excluding carboxylic acids is 1. The highest BCUT2D eigenvalue weighted by molar-refractivity contribution is 5.84. The van der Waals surface area contributed by atoms with Gasteiger partial charge in [0, 0.05) is 18.6 Å². The highest BCUT2D eigenvalue weighted by Gasteiger charge is 2.48. The fourth-order valence-electron chi connectivity index (χ4n) is 1.49. The quantitative estimate of drug-likeness (QED) is 0.613. The molecule has 1 aliphatic rings. The van der Waals surface area contributed by atoms with E-state index in [1.807, 2.05) is 25.7 Å². The zero-order valence-electron chi connectivity index (χ0n) is 9.21. The maximum atomic E-state index is 11.5. The van der Waals surface area contributed by atoms with Gasteiger partial charge in [0.1, 0.15) is 6.04 Å². The highest BCUT2D eigenvalue weighted by atomic mass is 16.3. The summed E-state index contributed by atoms with van der Waals surface area (Å²) < 4.78 is 0. The Kier molecular flexibility index (Phi) is 3.50. The average molecular weight is 200 g/mol. The van der Waals surface area contributed by atoms with Crippen molar-refractivity contribution >= 4 is 5.91 Å². The third-order valence-electron chi connectivity index (χ3n) is 2.63. The van der Waals surface area contributed by atoms with Crippen LogP contribution >= 0.6 is 0 Å². The molecular weight excluding hydrogens is 180 g/mol. The molecule has 0 aromatic carbocycles. The number of amides is 1. The van der Waals surface area contributed by atoms with Crippen molar-refractivity contribution in [2.24, 2.45) is 0 Å². The molecule has 1 amide bonds. The molecule has 1 fully saturated rings. The van der Waals surface area contributed by atoms with E-state index < -0.39 is 0 Å². The first-order chi connectivity index (χ1) is 6.53. The number of rotatable bonds is 5. The predicted molar refractivity (Wildman–Crippen MR) is 55.0 cm³/mol. The van der Waals surface area contributed by atoms with Crippen LogP contribution in [0.4, 0.5) is 0 Å². The summed E-state index contributed by atoms with van der Waals surface area (Å²) in [5.74, 6) is 0.0911. The van der Waals surface area contributed by atoms with Gasteiger partial charge in [-0.15, -0.1) is 0 Å². The summed E-state index contributed by atoms with van der Waals surface area (Å²) in [5, 5.41) is 12.0. The maximum absolute atomic E-state index is 11.5. The second kappa shape index (κ2) is 4.28. The van der Waals surface area contributed by atoms with Crippen LogP contribution in [-0.2, 0) is 4.79 Å². The fourth-order valence-corrected chi connectivity index (χ4v) is 1.49. The van der Waals surface area contributed by atoms with E-state index in [1.54, 1.807) is 0 Å². The molecule has 4 nitrogen and oxygen atoms in total. The molecule has 0 saturated carbocycles. The van der Waals surface area contributed by atoms with Crippen molar-refractivity contribution in [1.29, 1.82) is 0 Å². The smallest absolute Gasteiger partial charge is 0.238 e. The maximum Gasteiger partial charge on any atom is 0.238 e. The van der Waals surface area contributed by atoms with Gasteiger partial charge in [-0.1, -0.05) is 6.92 Å². The number of aliphatic hydroxyl groups excluding tert-OH is 1. The number of hydrogen-bond acceptors (Lipinski definition) is 3. The van der Waals surface area contributed by atoms with Crippen LogP contribution in [0, 0.1) is 0 Å². The van der Waals surface area contributed by atoms with Gasteiger partial charge in [-0.2, -0.15) is 0 Å². The molecule has 4 heteroatoms. The Bertz CT molecular complexity index is 216. The van der Waals surface area contributed by atoms with Gasteiger partial charge in [-0.05, 0) is 20.3 Å². The van der Waals surface area contributed by atoms with Crippen LogP contribution in [0.15, 0.2) is 0 Å². The number of nitrogens with one attached hydrogen (secondary N) is 1. The molecule has 0 radical (unpaired) electrons. The van der Waals surface area contributed by atoms with Crippen LogP contribution in [0.25, 0.3) is 0 Å². The summed E-state index contributed by atoms with van der Waals surface area (Å²) in [6, 6.07) is -0.0244. The van der Waals surface area contributed by atoms with Gasteiger partial charge in [-0.3, -0.25) is 9.69 Å². The summed E-state index contributed by atoms with van der Waals surface area (Å²) in [6.45, 7) is 7.51. The van der Waals surface area contributed by atoms with Crippen LogP contribution in [0.2, 0.25) is 0 Å². The molecule has 1 rings (SSSR count). The molecule has 1 aliphatic heterocycles. The first kappa shape index (κ1) is 11.5. The molecule has 2 N–H and O–H groups in total. The summed E-state index contributed by atoms with van der Waals surface area (Å²) in [4.78, 5) is 13.5. The molecule has 1 heterocycles. The van der Waals surface area contributed by atoms with Crippen LogP contribution in [0.3, 0.4) is 0 Å². The number of aliphatic hydroxyl groups is 1. The molecule has 0 bridgehead atoms. The van der Waals surface area contributed by atoms with Gasteiger partial charge in [0.25, 0.3) is 0 Å². The lowest BCUT2D eigenvalue weighted by Crippen LogP contribution is -2.40. The minimum Gasteiger partial charge on any atom is -0.394 e. The first-order valence-corrected chi connectivity index (χ1v) is 5.18. The lowest BCUT2D eigenvalue weighted by atomic mass is 10.1. The molecule has 1 unspecified atom stereocenters. The Morgan fingerprint density at radius 3 is 2.79 bits per heavy atom. The van der Waals surface area contributed by atoms with Crippen LogP contribution in [-0.4, -0.2) is 47.2 Å². The first-order valence-electron chi connectivity index (χ1n) is 5.18. The Hall–Kier alpha value is -0.610. The Balaban J connectivity index is 2.35. The Morgan fingerprint density at radius 1 is 1.64 bits per heavy atom. The van der Waals surface area contributed by atoms with Crippen molar-refractivity contribution in [3.05, 3.63) is 0 Å². The SMILES string of the molecule is CCCNC(=O)[C@H]1CN1C(C)(C)CO. The zero-order chi connectivity index (χ0) is 10.8. The second-order valence-electron chi connectivity index (χ2n) is 4.43. The molecule has 0 aromatic heterocycles. The van der Waals surface area contributed by atoms with Crippen LogP contribution < -0.4 is 5.32 Å². The average Bonchev–Trinajstić information content (AvgIpc) is 2.94. The minimum atomic E-state index is -0.270. The standard InChI is InChI=1S/C10H20N2O2/c1-4-5-11-9(14)8-6-12(8)10(2,3)7-13/h8,13H,4-7H2,1-3H3,(H,11,14)/t8-,12?/m1/s1. The van der Waals surface area contributed by atoms with E-state index >= 15 is 0 Å². The van der Waals surface area contributed by atoms with Gasteiger partial charge in [0.2, 0.25) is 5.91 Å². The molecule has 82 valence electrons. The van der Waals surface area contributed by atoms with Gasteiger partial charge in [0.15, 0.2) is 0 Å². The van der Waals surface area contributed by atoms with Crippen molar-refractivity contribution in [2.75, 3.05) is 19.7 Å². The van der Waals surface area contributed by atoms with Crippen LogP contribution in [0.5, 0.6) is 0 Å². The lowest BCUT2D eigenvalue weighted by Gasteiger charge is -2.24. The highest BCUT2D eigenvalue weighted by Crippen LogP contribution is 2.28. The van der Waals surface area contributed by atoms with E-state index in [1.165, 1.54) is 0 Å². The molecule has 1 saturated heterocycles. The van der Waals surface area contributed by atoms with Gasteiger partial charge < -0.3 is 10.4 Å². The monoisotopic (exact) mass is 200 g/mol. The van der Waals surface area contributed by atoms with Gasteiger partial charge >= 0.3 is 0 Å². The van der Waals surface area contributed by atoms with Gasteiger partial charge in [0.05, 0.1) is 6.61 Å². The van der Waals surface area contributed by atoms with Crippen molar-refractivity contribution in [2.45, 2.75) is 38.8 Å². The van der Waals surface area contributed by atoms with E-state index in [4.69, 9.17) is 5.11 Å². The largest absolute Gasteiger partial charge is 0.394 e. The van der Waals surface area contributed by atoms with E-state index in [-0.39, 0.29) is 24.1 Å². The van der Waals surface area contributed by atoms with Crippen molar-refractivity contribution in [3.63, 3.8) is 0 Å². The summed E-state index contributed by atoms with van der Waals surface area (Å²) >= 11 is 0. The second-order valence-corrected chi connectivity index (χ2v) is 4.43. The number of hydrogen-bond donors (Lipinski definition) is 2. The molecule has 14 heavy (non-hydrogen) atoms. The number of carbonyl (C=O) groups is 1. The fraction of sp³-hybridized carbons (Fsp3) is 0.900.